The van der Waals surface area contributed by atoms with Crippen molar-refractivity contribution in [3.05, 3.63) is 53.6 Å². The summed E-state index contributed by atoms with van der Waals surface area (Å²) in [6.07, 6.45) is 6.59. The van der Waals surface area contributed by atoms with Crippen LogP contribution < -0.4 is 0 Å². The smallest absolute Gasteiger partial charge is 0.242 e. The van der Waals surface area contributed by atoms with Gasteiger partial charge in [0.15, 0.2) is 0 Å². The van der Waals surface area contributed by atoms with E-state index in [1.54, 1.807) is 17.4 Å². The average molecular weight is 354 g/mol. The summed E-state index contributed by atoms with van der Waals surface area (Å²) < 4.78 is 1.96. The maximum atomic E-state index is 12.4. The minimum atomic E-state index is 0.0254. The lowest BCUT2D eigenvalue weighted by molar-refractivity contribution is -0.145. The van der Waals surface area contributed by atoms with E-state index >= 15 is 0 Å². The van der Waals surface area contributed by atoms with Crippen LogP contribution in [0.5, 0.6) is 0 Å². The summed E-state index contributed by atoms with van der Waals surface area (Å²) in [5.74, 6) is 0.0849. The average Bonchev–Trinajstić information content (AvgIpc) is 3.13. The zero-order chi connectivity index (χ0) is 18.5. The van der Waals surface area contributed by atoms with Crippen LogP contribution >= 0.6 is 0 Å². The first-order valence-corrected chi connectivity index (χ1v) is 9.10. The van der Waals surface area contributed by atoms with E-state index < -0.39 is 0 Å². The largest absolute Gasteiger partial charge is 0.337 e. The van der Waals surface area contributed by atoms with E-state index in [2.05, 4.69) is 37.0 Å². The molecule has 1 aliphatic rings. The Kier molecular flexibility index (Phi) is 5.71. The van der Waals surface area contributed by atoms with Crippen molar-refractivity contribution in [2.24, 2.45) is 0 Å². The second kappa shape index (κ2) is 8.17. The Balaban J connectivity index is 1.47. The summed E-state index contributed by atoms with van der Waals surface area (Å²) in [5.41, 5.74) is 3.63. The van der Waals surface area contributed by atoms with E-state index in [0.29, 0.717) is 26.1 Å². The molecule has 0 radical (unpaired) electrons. The van der Waals surface area contributed by atoms with E-state index in [1.165, 1.54) is 11.1 Å². The topological polar surface area (TPSA) is 58.4 Å². The van der Waals surface area contributed by atoms with Crippen molar-refractivity contribution in [3.8, 4) is 0 Å². The molecule has 0 N–H and O–H groups in total. The summed E-state index contributed by atoms with van der Waals surface area (Å²) in [4.78, 5) is 32.3. The standard InChI is InChI=1S/C20H26N4O2/c1-16-5-6-18(12-17(16)2)13-23-10-11-24(14-20(23)26)19(25)4-3-8-22-9-7-21-15-22/h5-7,9,12,15H,3-4,8,10-11,13-14H2,1-2H3. The third-order valence-corrected chi connectivity index (χ3v) is 4.98. The van der Waals surface area contributed by atoms with Crippen LogP contribution in [0.15, 0.2) is 36.9 Å². The Bertz CT molecular complexity index is 770. The second-order valence-electron chi connectivity index (χ2n) is 6.95. The molecule has 0 atom stereocenters. The molecule has 3 rings (SSSR count). The molecule has 0 bridgehead atoms. The van der Waals surface area contributed by atoms with Crippen molar-refractivity contribution >= 4 is 11.8 Å². The van der Waals surface area contributed by atoms with E-state index in [9.17, 15) is 9.59 Å². The predicted octanol–water partition coefficient (Wildman–Crippen LogP) is 2.15. The van der Waals surface area contributed by atoms with Gasteiger partial charge in [-0.25, -0.2) is 4.98 Å². The van der Waals surface area contributed by atoms with Crippen LogP contribution in [0.1, 0.15) is 29.5 Å². The second-order valence-corrected chi connectivity index (χ2v) is 6.95. The molecular formula is C20H26N4O2. The zero-order valence-corrected chi connectivity index (χ0v) is 15.5. The monoisotopic (exact) mass is 354 g/mol. The molecular weight excluding hydrogens is 328 g/mol. The number of amides is 2. The van der Waals surface area contributed by atoms with Crippen LogP contribution in [0, 0.1) is 13.8 Å². The lowest BCUT2D eigenvalue weighted by Gasteiger charge is -2.34. The third kappa shape index (κ3) is 4.50. The number of imidazole rings is 1. The highest BCUT2D eigenvalue weighted by Gasteiger charge is 2.26. The van der Waals surface area contributed by atoms with Gasteiger partial charge in [0.1, 0.15) is 0 Å². The molecule has 2 aromatic rings. The molecule has 1 aromatic heterocycles. The van der Waals surface area contributed by atoms with Crippen LogP contribution in [-0.4, -0.2) is 50.8 Å². The number of aromatic nitrogens is 2. The number of hydrogen-bond acceptors (Lipinski definition) is 3. The fourth-order valence-corrected chi connectivity index (χ4v) is 3.20. The Labute approximate surface area is 154 Å². The number of hydrogen-bond donors (Lipinski definition) is 0. The Morgan fingerprint density at radius 2 is 2.04 bits per heavy atom. The van der Waals surface area contributed by atoms with E-state index in [0.717, 1.165) is 18.5 Å². The van der Waals surface area contributed by atoms with Crippen LogP contribution in [-0.2, 0) is 22.7 Å². The summed E-state index contributed by atoms with van der Waals surface area (Å²) >= 11 is 0. The SMILES string of the molecule is Cc1ccc(CN2CCN(C(=O)CCCn3ccnc3)CC2=O)cc1C. The minimum Gasteiger partial charge on any atom is -0.337 e. The van der Waals surface area contributed by atoms with Gasteiger partial charge < -0.3 is 14.4 Å². The molecule has 1 aromatic carbocycles. The summed E-state index contributed by atoms with van der Waals surface area (Å²) in [6, 6.07) is 6.30. The first kappa shape index (κ1) is 18.2. The lowest BCUT2D eigenvalue weighted by atomic mass is 10.1. The molecule has 2 amide bonds. The zero-order valence-electron chi connectivity index (χ0n) is 15.5. The molecule has 6 heteroatoms. The van der Waals surface area contributed by atoms with Gasteiger partial charge in [-0.15, -0.1) is 0 Å². The highest BCUT2D eigenvalue weighted by molar-refractivity contribution is 5.86. The van der Waals surface area contributed by atoms with Gasteiger partial charge >= 0.3 is 0 Å². The van der Waals surface area contributed by atoms with Crippen molar-refractivity contribution in [3.63, 3.8) is 0 Å². The number of nitrogens with zero attached hydrogens (tertiary/aromatic N) is 4. The van der Waals surface area contributed by atoms with Crippen molar-refractivity contribution < 1.29 is 9.59 Å². The number of piperazine rings is 1. The first-order chi connectivity index (χ1) is 12.5. The molecule has 1 fully saturated rings. The van der Waals surface area contributed by atoms with Crippen molar-refractivity contribution in [2.75, 3.05) is 19.6 Å². The molecule has 138 valence electrons. The summed E-state index contributed by atoms with van der Waals surface area (Å²) in [5, 5.41) is 0. The Morgan fingerprint density at radius 1 is 1.19 bits per heavy atom. The van der Waals surface area contributed by atoms with Gasteiger partial charge in [-0.3, -0.25) is 9.59 Å². The number of benzene rings is 1. The van der Waals surface area contributed by atoms with Crippen molar-refractivity contribution in [1.82, 2.24) is 19.4 Å². The summed E-state index contributed by atoms with van der Waals surface area (Å²) in [7, 11) is 0. The van der Waals surface area contributed by atoms with Gasteiger partial charge in [-0.05, 0) is 37.0 Å². The number of aryl methyl sites for hydroxylation is 3. The van der Waals surface area contributed by atoms with Gasteiger partial charge in [0.25, 0.3) is 0 Å². The quantitative estimate of drug-likeness (QED) is 0.799. The summed E-state index contributed by atoms with van der Waals surface area (Å²) in [6.45, 7) is 6.95. The fourth-order valence-electron chi connectivity index (χ4n) is 3.20. The van der Waals surface area contributed by atoms with Gasteiger partial charge in [-0.2, -0.15) is 0 Å². The minimum absolute atomic E-state index is 0.0254. The molecule has 26 heavy (non-hydrogen) atoms. The molecule has 6 nitrogen and oxygen atoms in total. The van der Waals surface area contributed by atoms with Crippen LogP contribution in [0.25, 0.3) is 0 Å². The van der Waals surface area contributed by atoms with Crippen LogP contribution in [0.3, 0.4) is 0 Å². The first-order valence-electron chi connectivity index (χ1n) is 9.10. The predicted molar refractivity (Wildman–Crippen MR) is 99.4 cm³/mol. The van der Waals surface area contributed by atoms with Crippen LogP contribution in [0.2, 0.25) is 0 Å². The number of rotatable bonds is 6. The number of carbonyl (C=O) groups excluding carboxylic acids is 2. The Hall–Kier alpha value is -2.63. The molecule has 0 saturated carbocycles. The normalized spacial score (nSPS) is 14.8. The van der Waals surface area contributed by atoms with Gasteiger partial charge in [0.2, 0.25) is 11.8 Å². The number of carbonyl (C=O) groups is 2. The maximum absolute atomic E-state index is 12.4. The highest BCUT2D eigenvalue weighted by atomic mass is 16.2. The van der Waals surface area contributed by atoms with E-state index in [1.807, 2.05) is 15.7 Å². The fraction of sp³-hybridized carbons (Fsp3) is 0.450. The van der Waals surface area contributed by atoms with Crippen LogP contribution in [0.4, 0.5) is 0 Å². The van der Waals surface area contributed by atoms with Gasteiger partial charge in [0.05, 0.1) is 12.9 Å². The molecule has 1 aliphatic heterocycles. The Morgan fingerprint density at radius 3 is 2.73 bits per heavy atom. The molecule has 0 unspecified atom stereocenters. The molecule has 1 saturated heterocycles. The van der Waals surface area contributed by atoms with Gasteiger partial charge in [-0.1, -0.05) is 18.2 Å². The van der Waals surface area contributed by atoms with Gasteiger partial charge in [0, 0.05) is 45.0 Å². The third-order valence-electron chi connectivity index (χ3n) is 4.98. The van der Waals surface area contributed by atoms with Crippen molar-refractivity contribution in [1.29, 1.82) is 0 Å². The highest BCUT2D eigenvalue weighted by Crippen LogP contribution is 2.14. The van der Waals surface area contributed by atoms with Crippen molar-refractivity contribution in [2.45, 2.75) is 39.8 Å². The molecule has 0 spiro atoms. The van der Waals surface area contributed by atoms with E-state index in [-0.39, 0.29) is 18.4 Å². The molecule has 0 aliphatic carbocycles. The maximum Gasteiger partial charge on any atom is 0.242 e. The van der Waals surface area contributed by atoms with E-state index in [4.69, 9.17) is 0 Å². The molecule has 2 heterocycles. The lowest BCUT2D eigenvalue weighted by Crippen LogP contribution is -2.51.